The largest absolute Gasteiger partial charge is 0.391 e. The molecule has 1 aromatic carbocycles. The van der Waals surface area contributed by atoms with Gasteiger partial charge < -0.3 is 10.4 Å². The smallest absolute Gasteiger partial charge is 0.147 e. The maximum Gasteiger partial charge on any atom is 0.147 e. The maximum absolute atomic E-state index is 13.4. The first-order valence-electron chi connectivity index (χ1n) is 4.69. The molecule has 0 aliphatic carbocycles. The number of halogens is 1. The van der Waals surface area contributed by atoms with Crippen LogP contribution in [0.4, 0.5) is 10.1 Å². The molecule has 4 heteroatoms. The molecule has 1 rings (SSSR count). The minimum atomic E-state index is -0.569. The molecule has 0 radical (unpaired) electrons. The highest BCUT2D eigenvalue weighted by Crippen LogP contribution is 2.16. The fourth-order valence-corrected chi connectivity index (χ4v) is 1.07. The van der Waals surface area contributed by atoms with Crippen molar-refractivity contribution in [3.63, 3.8) is 0 Å². The lowest BCUT2D eigenvalue weighted by molar-refractivity contribution is 0.177. The van der Waals surface area contributed by atoms with E-state index in [0.29, 0.717) is 5.69 Å². The van der Waals surface area contributed by atoms with Crippen molar-refractivity contribution >= 4 is 5.69 Å². The van der Waals surface area contributed by atoms with Gasteiger partial charge in [-0.2, -0.15) is 5.26 Å². The van der Waals surface area contributed by atoms with Crippen molar-refractivity contribution in [1.29, 1.82) is 5.26 Å². The SMILES string of the molecule is CC(O)C(C)Nc1ccc(C#N)cc1F. The predicted molar refractivity (Wildman–Crippen MR) is 55.9 cm³/mol. The Balaban J connectivity index is 2.84. The Morgan fingerprint density at radius 2 is 2.13 bits per heavy atom. The van der Waals surface area contributed by atoms with E-state index >= 15 is 0 Å². The van der Waals surface area contributed by atoms with Gasteiger partial charge in [-0.15, -0.1) is 0 Å². The lowest BCUT2D eigenvalue weighted by Crippen LogP contribution is -2.28. The highest BCUT2D eigenvalue weighted by molar-refractivity contribution is 5.49. The summed E-state index contributed by atoms with van der Waals surface area (Å²) in [6.07, 6.45) is -0.569. The fraction of sp³-hybridized carbons (Fsp3) is 0.364. The monoisotopic (exact) mass is 208 g/mol. The van der Waals surface area contributed by atoms with E-state index in [-0.39, 0.29) is 11.6 Å². The minimum Gasteiger partial charge on any atom is -0.391 e. The normalized spacial score (nSPS) is 14.1. The third-order valence-electron chi connectivity index (χ3n) is 2.20. The van der Waals surface area contributed by atoms with Crippen LogP contribution in [-0.2, 0) is 0 Å². The van der Waals surface area contributed by atoms with Gasteiger partial charge in [-0.05, 0) is 32.0 Å². The summed E-state index contributed by atoms with van der Waals surface area (Å²) in [5, 5.41) is 20.6. The van der Waals surface area contributed by atoms with E-state index in [4.69, 9.17) is 5.26 Å². The Morgan fingerprint density at radius 1 is 1.47 bits per heavy atom. The second kappa shape index (κ2) is 4.76. The topological polar surface area (TPSA) is 56.0 Å². The summed E-state index contributed by atoms with van der Waals surface area (Å²) in [7, 11) is 0. The molecule has 0 saturated heterocycles. The summed E-state index contributed by atoms with van der Waals surface area (Å²) in [6.45, 7) is 3.38. The van der Waals surface area contributed by atoms with Crippen molar-refractivity contribution < 1.29 is 9.50 Å². The van der Waals surface area contributed by atoms with E-state index in [9.17, 15) is 9.50 Å². The van der Waals surface area contributed by atoms with Gasteiger partial charge in [0.1, 0.15) is 5.82 Å². The molecular weight excluding hydrogens is 195 g/mol. The van der Waals surface area contributed by atoms with Gasteiger partial charge in [-0.1, -0.05) is 0 Å². The van der Waals surface area contributed by atoms with E-state index < -0.39 is 11.9 Å². The van der Waals surface area contributed by atoms with Gasteiger partial charge in [-0.25, -0.2) is 4.39 Å². The molecule has 15 heavy (non-hydrogen) atoms. The predicted octanol–water partition coefficient (Wildman–Crippen LogP) is 1.88. The van der Waals surface area contributed by atoms with Gasteiger partial charge in [0.15, 0.2) is 0 Å². The number of hydrogen-bond donors (Lipinski definition) is 2. The van der Waals surface area contributed by atoms with Crippen molar-refractivity contribution in [1.82, 2.24) is 0 Å². The highest BCUT2D eigenvalue weighted by Gasteiger charge is 2.11. The number of nitrogens with zero attached hydrogens (tertiary/aromatic N) is 1. The summed E-state index contributed by atoms with van der Waals surface area (Å²) in [5.74, 6) is -0.485. The van der Waals surface area contributed by atoms with Crippen LogP contribution in [0.25, 0.3) is 0 Å². The molecule has 0 aliphatic heterocycles. The molecule has 0 amide bonds. The summed E-state index contributed by atoms with van der Waals surface area (Å²) < 4.78 is 13.4. The number of benzene rings is 1. The lowest BCUT2D eigenvalue weighted by Gasteiger charge is -2.18. The van der Waals surface area contributed by atoms with Crippen molar-refractivity contribution in [3.05, 3.63) is 29.6 Å². The van der Waals surface area contributed by atoms with Crippen molar-refractivity contribution in [2.45, 2.75) is 26.0 Å². The highest BCUT2D eigenvalue weighted by atomic mass is 19.1. The Hall–Kier alpha value is -1.60. The molecule has 0 aromatic heterocycles. The summed E-state index contributed by atoms with van der Waals surface area (Å²) in [4.78, 5) is 0. The number of aliphatic hydroxyl groups is 1. The Morgan fingerprint density at radius 3 is 2.60 bits per heavy atom. The molecule has 0 saturated carbocycles. The van der Waals surface area contributed by atoms with Gasteiger partial charge in [0, 0.05) is 6.04 Å². The minimum absolute atomic E-state index is 0.243. The first kappa shape index (κ1) is 11.5. The third-order valence-corrected chi connectivity index (χ3v) is 2.20. The number of rotatable bonds is 3. The van der Waals surface area contributed by atoms with Gasteiger partial charge in [-0.3, -0.25) is 0 Å². The average molecular weight is 208 g/mol. The zero-order chi connectivity index (χ0) is 11.4. The third kappa shape index (κ3) is 2.93. The van der Waals surface area contributed by atoms with Crippen LogP contribution in [0.5, 0.6) is 0 Å². The Kier molecular flexibility index (Phi) is 3.64. The van der Waals surface area contributed by atoms with E-state index in [1.807, 2.05) is 6.07 Å². The van der Waals surface area contributed by atoms with Crippen LogP contribution in [0.1, 0.15) is 19.4 Å². The van der Waals surface area contributed by atoms with Gasteiger partial charge in [0.2, 0.25) is 0 Å². The number of anilines is 1. The molecule has 0 heterocycles. The zero-order valence-corrected chi connectivity index (χ0v) is 8.66. The standard InChI is InChI=1S/C11H13FN2O/c1-7(8(2)15)14-11-4-3-9(6-13)5-10(11)12/h3-5,7-8,14-15H,1-2H3. The van der Waals surface area contributed by atoms with Crippen molar-refractivity contribution in [3.8, 4) is 6.07 Å². The van der Waals surface area contributed by atoms with Crippen LogP contribution in [0.2, 0.25) is 0 Å². The lowest BCUT2D eigenvalue weighted by atomic mass is 10.1. The van der Waals surface area contributed by atoms with Crippen LogP contribution in [0, 0.1) is 17.1 Å². The quantitative estimate of drug-likeness (QED) is 0.797. The number of nitriles is 1. The molecule has 0 bridgehead atoms. The fourth-order valence-electron chi connectivity index (χ4n) is 1.07. The van der Waals surface area contributed by atoms with E-state index in [1.165, 1.54) is 12.1 Å². The number of hydrogen-bond acceptors (Lipinski definition) is 3. The number of nitrogens with one attached hydrogen (secondary N) is 1. The average Bonchev–Trinajstić information content (AvgIpc) is 2.20. The van der Waals surface area contributed by atoms with E-state index in [1.54, 1.807) is 13.8 Å². The molecule has 2 atom stereocenters. The summed E-state index contributed by atoms with van der Waals surface area (Å²) in [6, 6.07) is 5.80. The Bertz CT molecular complexity index is 385. The molecule has 0 spiro atoms. The Labute approximate surface area is 88.2 Å². The molecule has 2 N–H and O–H groups in total. The van der Waals surface area contributed by atoms with Crippen molar-refractivity contribution in [2.75, 3.05) is 5.32 Å². The van der Waals surface area contributed by atoms with Crippen LogP contribution in [0.15, 0.2) is 18.2 Å². The first-order valence-corrected chi connectivity index (χ1v) is 4.69. The van der Waals surface area contributed by atoms with Crippen LogP contribution in [-0.4, -0.2) is 17.3 Å². The zero-order valence-electron chi connectivity index (χ0n) is 8.66. The van der Waals surface area contributed by atoms with Gasteiger partial charge in [0.05, 0.1) is 23.4 Å². The maximum atomic E-state index is 13.4. The van der Waals surface area contributed by atoms with Gasteiger partial charge in [0.25, 0.3) is 0 Å². The summed E-state index contributed by atoms with van der Waals surface area (Å²) in [5.41, 5.74) is 0.574. The molecule has 3 nitrogen and oxygen atoms in total. The molecule has 80 valence electrons. The molecule has 0 fully saturated rings. The van der Waals surface area contributed by atoms with Crippen LogP contribution < -0.4 is 5.32 Å². The van der Waals surface area contributed by atoms with Crippen LogP contribution in [0.3, 0.4) is 0 Å². The van der Waals surface area contributed by atoms with E-state index in [2.05, 4.69) is 5.32 Å². The summed E-state index contributed by atoms with van der Waals surface area (Å²) >= 11 is 0. The number of aliphatic hydroxyl groups excluding tert-OH is 1. The molecule has 0 aliphatic rings. The molecule has 1 aromatic rings. The van der Waals surface area contributed by atoms with Crippen LogP contribution >= 0.6 is 0 Å². The second-order valence-electron chi connectivity index (χ2n) is 3.48. The molecular formula is C11H13FN2O. The molecule has 2 unspecified atom stereocenters. The van der Waals surface area contributed by atoms with Crippen molar-refractivity contribution in [2.24, 2.45) is 0 Å². The van der Waals surface area contributed by atoms with Gasteiger partial charge >= 0.3 is 0 Å². The second-order valence-corrected chi connectivity index (χ2v) is 3.48. The first-order chi connectivity index (χ1) is 7.04. The van der Waals surface area contributed by atoms with E-state index in [0.717, 1.165) is 6.07 Å².